The second-order valence-electron chi connectivity index (χ2n) is 0.925. The Morgan fingerprint density at radius 3 is 2.00 bits per heavy atom. The molecule has 0 aliphatic heterocycles. The Labute approximate surface area is 63.7 Å². The van der Waals surface area contributed by atoms with Crippen molar-refractivity contribution in [3.05, 3.63) is 0 Å². The average molecular weight is 230 g/mol. The predicted octanol–water partition coefficient (Wildman–Crippen LogP) is 1.62. The van der Waals surface area contributed by atoms with Gasteiger partial charge in [-0.15, -0.1) is 0 Å². The zero-order valence-electron chi connectivity index (χ0n) is 5.40. The molecular formula is C5H11IO2. The van der Waals surface area contributed by atoms with Gasteiger partial charge in [-0.25, -0.2) is 0 Å². The first-order valence-corrected chi connectivity index (χ1v) is 4.44. The summed E-state index contributed by atoms with van der Waals surface area (Å²) < 4.78 is 4.40. The molecule has 0 amide bonds. The van der Waals surface area contributed by atoms with Crippen LogP contribution in [-0.4, -0.2) is 17.5 Å². The molecular weight excluding hydrogens is 219 g/mol. The van der Waals surface area contributed by atoms with Crippen LogP contribution in [0.5, 0.6) is 0 Å². The Balaban J connectivity index is 0. The van der Waals surface area contributed by atoms with E-state index in [0.717, 1.165) is 0 Å². The lowest BCUT2D eigenvalue weighted by molar-refractivity contribution is -0.140. The van der Waals surface area contributed by atoms with Crippen LogP contribution in [0.4, 0.5) is 0 Å². The van der Waals surface area contributed by atoms with Gasteiger partial charge in [0, 0.05) is 6.92 Å². The monoisotopic (exact) mass is 230 g/mol. The summed E-state index contributed by atoms with van der Waals surface area (Å²) in [6.45, 7) is 3.65. The van der Waals surface area contributed by atoms with Crippen molar-refractivity contribution in [2.75, 3.05) is 11.5 Å². The summed E-state index contributed by atoms with van der Waals surface area (Å²) in [5.74, 6) is -0.211. The minimum absolute atomic E-state index is 0.211. The predicted molar refractivity (Wildman–Crippen MR) is 42.3 cm³/mol. The van der Waals surface area contributed by atoms with Gasteiger partial charge in [-0.3, -0.25) is 4.79 Å². The van der Waals surface area contributed by atoms with Gasteiger partial charge in [0.1, 0.15) is 0 Å². The second-order valence-corrected chi connectivity index (χ2v) is 0.925. The molecule has 0 saturated carbocycles. The van der Waals surface area contributed by atoms with E-state index in [9.17, 15) is 4.79 Å². The van der Waals surface area contributed by atoms with E-state index in [1.54, 1.807) is 6.92 Å². The van der Waals surface area contributed by atoms with Crippen LogP contribution in [0.3, 0.4) is 0 Å². The smallest absolute Gasteiger partial charge is 0.302 e. The number of rotatable bonds is 1. The Morgan fingerprint density at radius 2 is 2.00 bits per heavy atom. The van der Waals surface area contributed by atoms with E-state index in [0.29, 0.717) is 6.61 Å². The standard InChI is InChI=1S/C4H8O2.CH3I/c1-3-6-4(2)5;1-2/h3H2,1-2H3;1H3. The van der Waals surface area contributed by atoms with Crippen molar-refractivity contribution in [1.29, 1.82) is 0 Å². The Morgan fingerprint density at radius 1 is 1.62 bits per heavy atom. The third-order valence-corrected chi connectivity index (χ3v) is 0.348. The maximum absolute atomic E-state index is 9.82. The zero-order chi connectivity index (χ0) is 6.99. The van der Waals surface area contributed by atoms with Gasteiger partial charge in [0.2, 0.25) is 0 Å². The second kappa shape index (κ2) is 10.2. The van der Waals surface area contributed by atoms with Gasteiger partial charge in [0.05, 0.1) is 6.61 Å². The van der Waals surface area contributed by atoms with Crippen molar-refractivity contribution in [2.24, 2.45) is 0 Å². The highest BCUT2D eigenvalue weighted by molar-refractivity contribution is 14.1. The number of carbonyl (C=O) groups excluding carboxylic acids is 1. The Hall–Kier alpha value is 0.200. The molecule has 0 aromatic carbocycles. The molecule has 0 spiro atoms. The molecule has 0 heterocycles. The molecule has 0 N–H and O–H groups in total. The summed E-state index contributed by atoms with van der Waals surface area (Å²) in [6, 6.07) is 0. The lowest BCUT2D eigenvalue weighted by Gasteiger charge is -1.89. The number of alkyl halides is 1. The largest absolute Gasteiger partial charge is 0.466 e. The molecule has 0 aliphatic carbocycles. The van der Waals surface area contributed by atoms with E-state index < -0.39 is 0 Å². The van der Waals surface area contributed by atoms with Crippen LogP contribution in [0.25, 0.3) is 0 Å². The average Bonchev–Trinajstić information content (AvgIpc) is 1.72. The molecule has 0 fully saturated rings. The van der Waals surface area contributed by atoms with Crippen molar-refractivity contribution >= 4 is 28.6 Å². The topological polar surface area (TPSA) is 26.3 Å². The fourth-order valence-electron chi connectivity index (χ4n) is 0.203. The highest BCUT2D eigenvalue weighted by Gasteiger charge is 1.81. The van der Waals surface area contributed by atoms with E-state index in [4.69, 9.17) is 0 Å². The molecule has 0 bridgehead atoms. The van der Waals surface area contributed by atoms with Crippen LogP contribution in [0.15, 0.2) is 0 Å². The zero-order valence-corrected chi connectivity index (χ0v) is 7.56. The van der Waals surface area contributed by atoms with Crippen LogP contribution in [0, 0.1) is 0 Å². The van der Waals surface area contributed by atoms with Crippen molar-refractivity contribution in [3.63, 3.8) is 0 Å². The number of esters is 1. The van der Waals surface area contributed by atoms with Gasteiger partial charge in [-0.05, 0) is 11.9 Å². The number of carbonyl (C=O) groups is 1. The molecule has 50 valence electrons. The van der Waals surface area contributed by atoms with Gasteiger partial charge < -0.3 is 4.74 Å². The number of halogens is 1. The number of hydrogen-bond acceptors (Lipinski definition) is 2. The molecule has 0 rings (SSSR count). The number of hydrogen-bond donors (Lipinski definition) is 0. The fourth-order valence-corrected chi connectivity index (χ4v) is 0.203. The molecule has 3 heteroatoms. The maximum atomic E-state index is 9.82. The lowest BCUT2D eigenvalue weighted by atomic mass is 10.8. The molecule has 8 heavy (non-hydrogen) atoms. The molecule has 0 aromatic heterocycles. The van der Waals surface area contributed by atoms with Crippen LogP contribution >= 0.6 is 22.6 Å². The van der Waals surface area contributed by atoms with E-state index >= 15 is 0 Å². The first kappa shape index (κ1) is 11.1. The molecule has 2 nitrogen and oxygen atoms in total. The van der Waals surface area contributed by atoms with E-state index in [2.05, 4.69) is 27.3 Å². The third kappa shape index (κ3) is 16.4. The van der Waals surface area contributed by atoms with Gasteiger partial charge >= 0.3 is 5.97 Å². The van der Waals surface area contributed by atoms with Crippen LogP contribution < -0.4 is 0 Å². The summed E-state index contributed by atoms with van der Waals surface area (Å²) >= 11 is 2.15. The summed E-state index contributed by atoms with van der Waals surface area (Å²) in [5, 5.41) is 0. The minimum Gasteiger partial charge on any atom is -0.466 e. The summed E-state index contributed by atoms with van der Waals surface area (Å²) in [4.78, 5) is 11.8. The summed E-state index contributed by atoms with van der Waals surface area (Å²) in [6.07, 6.45) is 0. The molecule has 0 saturated heterocycles. The highest BCUT2D eigenvalue weighted by Crippen LogP contribution is 1.69. The normalized spacial score (nSPS) is 6.50. The maximum Gasteiger partial charge on any atom is 0.302 e. The Bertz CT molecular complexity index is 54.4. The van der Waals surface area contributed by atoms with Crippen LogP contribution in [0.1, 0.15) is 13.8 Å². The van der Waals surface area contributed by atoms with Crippen molar-refractivity contribution in [3.8, 4) is 0 Å². The van der Waals surface area contributed by atoms with Crippen LogP contribution in [0.2, 0.25) is 0 Å². The lowest BCUT2D eigenvalue weighted by Crippen LogP contribution is -1.95. The SMILES string of the molecule is CCOC(C)=O.CI. The highest BCUT2D eigenvalue weighted by atomic mass is 127. The Kier molecular flexibility index (Phi) is 14.1. The molecule has 0 radical (unpaired) electrons. The summed E-state index contributed by atoms with van der Waals surface area (Å²) in [5.41, 5.74) is 0. The van der Waals surface area contributed by atoms with Crippen molar-refractivity contribution in [2.45, 2.75) is 13.8 Å². The summed E-state index contributed by atoms with van der Waals surface area (Å²) in [7, 11) is 0. The quantitative estimate of drug-likeness (QED) is 0.388. The molecule has 0 aliphatic rings. The van der Waals surface area contributed by atoms with E-state index in [1.807, 2.05) is 4.93 Å². The van der Waals surface area contributed by atoms with Gasteiger partial charge in [-0.1, -0.05) is 22.6 Å². The number of ether oxygens (including phenoxy) is 1. The first-order valence-electron chi connectivity index (χ1n) is 2.28. The van der Waals surface area contributed by atoms with E-state index in [1.165, 1.54) is 6.92 Å². The van der Waals surface area contributed by atoms with Gasteiger partial charge in [-0.2, -0.15) is 0 Å². The van der Waals surface area contributed by atoms with Gasteiger partial charge in [0.15, 0.2) is 0 Å². The van der Waals surface area contributed by atoms with Crippen molar-refractivity contribution in [1.82, 2.24) is 0 Å². The first-order chi connectivity index (χ1) is 3.77. The van der Waals surface area contributed by atoms with Gasteiger partial charge in [0.25, 0.3) is 0 Å². The van der Waals surface area contributed by atoms with E-state index in [-0.39, 0.29) is 5.97 Å². The fraction of sp³-hybridized carbons (Fsp3) is 0.800. The minimum atomic E-state index is -0.211. The third-order valence-electron chi connectivity index (χ3n) is 0.348. The van der Waals surface area contributed by atoms with Crippen LogP contribution in [-0.2, 0) is 9.53 Å². The molecule has 0 unspecified atom stereocenters. The van der Waals surface area contributed by atoms with Crippen molar-refractivity contribution < 1.29 is 9.53 Å². The molecule has 0 atom stereocenters. The molecule has 0 aromatic rings.